The first-order valence-corrected chi connectivity index (χ1v) is 6.00. The summed E-state index contributed by atoms with van der Waals surface area (Å²) in [5.74, 6) is 3.31. The number of ether oxygens (including phenoxy) is 1. The monoisotopic (exact) mass is 216 g/mol. The number of carbonyl (C=O) groups excluding carboxylic acids is 2. The van der Waals surface area contributed by atoms with Gasteiger partial charge in [-0.25, -0.2) is 0 Å². The third kappa shape index (κ3) is 0.352. The lowest BCUT2D eigenvalue weighted by Gasteiger charge is -3.08. The summed E-state index contributed by atoms with van der Waals surface area (Å²) < 4.78 is 5.54. The third-order valence-corrected chi connectivity index (χ3v) is 6.47. The van der Waals surface area contributed by atoms with E-state index >= 15 is 0 Å². The van der Waals surface area contributed by atoms with E-state index in [9.17, 15) is 9.59 Å². The van der Waals surface area contributed by atoms with Gasteiger partial charge in [0.15, 0.2) is 5.78 Å². The van der Waals surface area contributed by atoms with E-state index in [0.717, 1.165) is 0 Å². The fourth-order valence-electron chi connectivity index (χ4n) is 6.55. The highest BCUT2D eigenvalue weighted by atomic mass is 16.6. The summed E-state index contributed by atoms with van der Waals surface area (Å²) >= 11 is 0. The number of hydrogen-bond acceptors (Lipinski definition) is 3. The molecule has 0 aliphatic heterocycles. The molecule has 0 aromatic carbocycles. The molecule has 0 radical (unpaired) electrons. The smallest absolute Gasteiger partial charge is 0.303 e. The summed E-state index contributed by atoms with van der Waals surface area (Å²) in [5.41, 5.74) is -0.0985. The molecule has 3 heteroatoms. The third-order valence-electron chi connectivity index (χ3n) is 6.47. The predicted molar refractivity (Wildman–Crippen MR) is 53.1 cm³/mol. The second-order valence-electron chi connectivity index (χ2n) is 6.10. The molecule has 0 saturated heterocycles. The quantitative estimate of drug-likeness (QED) is 0.517. The molecule has 6 aliphatic rings. The van der Waals surface area contributed by atoms with Crippen molar-refractivity contribution in [2.24, 2.45) is 40.9 Å². The van der Waals surface area contributed by atoms with Gasteiger partial charge in [-0.05, 0) is 23.8 Å². The highest BCUT2D eigenvalue weighted by molar-refractivity contribution is 6.01. The van der Waals surface area contributed by atoms with E-state index in [4.69, 9.17) is 4.74 Å². The van der Waals surface area contributed by atoms with E-state index in [0.29, 0.717) is 35.5 Å². The summed E-state index contributed by atoms with van der Waals surface area (Å²) in [6.45, 7) is 5.10. The Hall–Kier alpha value is -1.12. The maximum Gasteiger partial charge on any atom is 0.303 e. The molecule has 6 fully saturated rings. The SMILES string of the molecule is C=CC(=O)C12C3C4C1C1C2C3C41OC(C)=O. The lowest BCUT2D eigenvalue weighted by Crippen LogP contribution is -3.14. The van der Waals surface area contributed by atoms with E-state index in [2.05, 4.69) is 6.58 Å². The number of carbonyl (C=O) groups is 2. The zero-order valence-electron chi connectivity index (χ0n) is 8.97. The Kier molecular flexibility index (Phi) is 0.851. The van der Waals surface area contributed by atoms with Gasteiger partial charge in [0.2, 0.25) is 0 Å². The average molecular weight is 216 g/mol. The van der Waals surface area contributed by atoms with Crippen LogP contribution in [0.4, 0.5) is 0 Å². The number of rotatable bonds is 3. The van der Waals surface area contributed by atoms with Crippen molar-refractivity contribution in [1.29, 1.82) is 0 Å². The van der Waals surface area contributed by atoms with Crippen LogP contribution in [0.25, 0.3) is 0 Å². The summed E-state index contributed by atoms with van der Waals surface area (Å²) in [6.07, 6.45) is 1.50. The van der Waals surface area contributed by atoms with Gasteiger partial charge in [0.25, 0.3) is 0 Å². The summed E-state index contributed by atoms with van der Waals surface area (Å²) in [5, 5.41) is 0. The molecule has 6 rings (SSSR count). The molecule has 0 spiro atoms. The first-order chi connectivity index (χ1) is 7.63. The van der Waals surface area contributed by atoms with E-state index < -0.39 is 0 Å². The molecular weight excluding hydrogens is 204 g/mol. The van der Waals surface area contributed by atoms with Crippen molar-refractivity contribution in [3.8, 4) is 0 Å². The van der Waals surface area contributed by atoms with Crippen LogP contribution in [-0.4, -0.2) is 17.4 Å². The van der Waals surface area contributed by atoms with Gasteiger partial charge >= 0.3 is 5.97 Å². The maximum atomic E-state index is 11.9. The van der Waals surface area contributed by atoms with Crippen molar-refractivity contribution >= 4 is 11.8 Å². The van der Waals surface area contributed by atoms with Crippen LogP contribution in [0.15, 0.2) is 12.7 Å². The van der Waals surface area contributed by atoms with Crippen LogP contribution in [0.2, 0.25) is 0 Å². The minimum atomic E-state index is -0.153. The molecule has 3 nitrogen and oxygen atoms in total. The van der Waals surface area contributed by atoms with E-state index in [-0.39, 0.29) is 22.8 Å². The molecule has 6 saturated carbocycles. The van der Waals surface area contributed by atoms with Crippen molar-refractivity contribution in [2.45, 2.75) is 12.5 Å². The normalized spacial score (nSPS) is 68.3. The Labute approximate surface area is 92.8 Å². The van der Waals surface area contributed by atoms with E-state index in [1.807, 2.05) is 0 Å². The molecule has 0 amide bonds. The molecule has 0 aromatic rings. The first kappa shape index (κ1) is 8.04. The maximum absolute atomic E-state index is 11.9. The molecule has 0 heterocycles. The molecule has 0 N–H and O–H groups in total. The number of esters is 1. The van der Waals surface area contributed by atoms with Crippen LogP contribution in [0.3, 0.4) is 0 Å². The minimum Gasteiger partial charge on any atom is -0.458 e. The van der Waals surface area contributed by atoms with Crippen LogP contribution < -0.4 is 0 Å². The number of allylic oxidation sites excluding steroid dienone is 1. The lowest BCUT2D eigenvalue weighted by atomic mass is 8.94. The van der Waals surface area contributed by atoms with Crippen LogP contribution in [0.1, 0.15) is 6.92 Å². The van der Waals surface area contributed by atoms with Crippen molar-refractivity contribution in [3.63, 3.8) is 0 Å². The Balaban J connectivity index is 1.52. The van der Waals surface area contributed by atoms with Gasteiger partial charge in [-0.1, -0.05) is 6.58 Å². The molecule has 0 aromatic heterocycles. The summed E-state index contributed by atoms with van der Waals surface area (Å²) in [4.78, 5) is 23.0. The number of ketones is 1. The molecule has 6 aliphatic carbocycles. The topological polar surface area (TPSA) is 43.4 Å². The van der Waals surface area contributed by atoms with E-state index in [1.54, 1.807) is 0 Å². The van der Waals surface area contributed by atoms with Gasteiger partial charge in [0, 0.05) is 30.1 Å². The fourth-order valence-corrected chi connectivity index (χ4v) is 6.55. The van der Waals surface area contributed by atoms with Crippen molar-refractivity contribution in [2.75, 3.05) is 0 Å². The van der Waals surface area contributed by atoms with Gasteiger partial charge in [0.05, 0.1) is 0 Å². The molecule has 0 bridgehead atoms. The Morgan fingerprint density at radius 1 is 1.12 bits per heavy atom. The lowest BCUT2D eigenvalue weighted by molar-refractivity contribution is -0.642. The Morgan fingerprint density at radius 3 is 2.00 bits per heavy atom. The Bertz CT molecular complexity index is 450. The molecule has 16 heavy (non-hydrogen) atoms. The van der Waals surface area contributed by atoms with Crippen LogP contribution in [0, 0.1) is 40.9 Å². The van der Waals surface area contributed by atoms with Crippen molar-refractivity contribution < 1.29 is 14.3 Å². The molecule has 0 unspecified atom stereocenters. The van der Waals surface area contributed by atoms with Gasteiger partial charge in [0.1, 0.15) is 5.60 Å². The second-order valence-corrected chi connectivity index (χ2v) is 6.10. The number of hydrogen-bond donors (Lipinski definition) is 0. The van der Waals surface area contributed by atoms with Gasteiger partial charge in [-0.3, -0.25) is 9.59 Å². The van der Waals surface area contributed by atoms with E-state index in [1.165, 1.54) is 13.0 Å². The highest BCUT2D eigenvalue weighted by Gasteiger charge is 3.12. The standard InChI is InChI=1S/C13H12O3/c1-3-5(15)12-6-9-7(12)11-8(12)10(6)13(9,11)16-4(2)14/h3,6-11H,1H2,2H3. The van der Waals surface area contributed by atoms with Gasteiger partial charge in [-0.15, -0.1) is 0 Å². The van der Waals surface area contributed by atoms with Crippen LogP contribution in [-0.2, 0) is 14.3 Å². The highest BCUT2D eigenvalue weighted by Crippen LogP contribution is 3.07. The fraction of sp³-hybridized carbons (Fsp3) is 0.692. The molecule has 82 valence electrons. The van der Waals surface area contributed by atoms with Crippen LogP contribution in [0.5, 0.6) is 0 Å². The first-order valence-electron chi connectivity index (χ1n) is 6.00. The molecule has 0 atom stereocenters. The van der Waals surface area contributed by atoms with Crippen LogP contribution >= 0.6 is 0 Å². The zero-order chi connectivity index (χ0) is 11.0. The summed E-state index contributed by atoms with van der Waals surface area (Å²) in [6, 6.07) is 0. The average Bonchev–Trinajstić information content (AvgIpc) is 2.28. The minimum absolute atomic E-state index is 0.0103. The Morgan fingerprint density at radius 2 is 1.62 bits per heavy atom. The predicted octanol–water partition coefficient (Wildman–Crippen LogP) is 0.795. The van der Waals surface area contributed by atoms with Gasteiger partial charge in [-0.2, -0.15) is 0 Å². The van der Waals surface area contributed by atoms with Crippen molar-refractivity contribution in [3.05, 3.63) is 12.7 Å². The van der Waals surface area contributed by atoms with Crippen molar-refractivity contribution in [1.82, 2.24) is 0 Å². The largest absolute Gasteiger partial charge is 0.458 e. The second kappa shape index (κ2) is 1.69. The molecular formula is C13H12O3. The summed E-state index contributed by atoms with van der Waals surface area (Å²) in [7, 11) is 0. The zero-order valence-corrected chi connectivity index (χ0v) is 8.97. The van der Waals surface area contributed by atoms with Gasteiger partial charge < -0.3 is 4.74 Å².